The van der Waals surface area contributed by atoms with Crippen molar-refractivity contribution in [3.8, 4) is 0 Å². The second-order valence-corrected chi connectivity index (χ2v) is 5.64. The number of benzene rings is 1. The molecule has 1 fully saturated rings. The number of para-hydroxylation sites is 1. The lowest BCUT2D eigenvalue weighted by Crippen LogP contribution is -2.38. The molecule has 1 aromatic carbocycles. The van der Waals surface area contributed by atoms with Gasteiger partial charge in [0.25, 0.3) is 0 Å². The predicted octanol–water partition coefficient (Wildman–Crippen LogP) is 4.51. The maximum absolute atomic E-state index is 13.6. The molecular formula is C15H14F4O2. The Morgan fingerprint density at radius 1 is 1.29 bits per heavy atom. The van der Waals surface area contributed by atoms with Gasteiger partial charge in [-0.3, -0.25) is 0 Å². The molecule has 0 saturated heterocycles. The average molecular weight is 302 g/mol. The zero-order valence-electron chi connectivity index (χ0n) is 11.1. The van der Waals surface area contributed by atoms with Gasteiger partial charge < -0.3 is 9.52 Å². The summed E-state index contributed by atoms with van der Waals surface area (Å²) in [6, 6.07) is 5.72. The van der Waals surface area contributed by atoms with Crippen LogP contribution >= 0.6 is 0 Å². The van der Waals surface area contributed by atoms with Crippen molar-refractivity contribution >= 4 is 11.0 Å². The zero-order valence-corrected chi connectivity index (χ0v) is 11.1. The molecule has 1 aliphatic carbocycles. The summed E-state index contributed by atoms with van der Waals surface area (Å²) >= 11 is 0. The van der Waals surface area contributed by atoms with Crippen molar-refractivity contribution < 1.29 is 27.1 Å². The average Bonchev–Trinajstić information content (AvgIpc) is 2.84. The third-order valence-electron chi connectivity index (χ3n) is 4.14. The molecular weight excluding hydrogens is 288 g/mol. The van der Waals surface area contributed by atoms with Gasteiger partial charge in [0.05, 0.1) is 5.92 Å². The standard InChI is InChI=1S/C15H14F4O2/c16-11-5-1-3-9-7-12(21-13(9)11)14(20)6-2-4-10(8-14)15(17,18)19/h1,3,5,7,10,20H,2,4,6,8H2. The molecule has 2 unspecified atom stereocenters. The number of furan rings is 1. The van der Waals surface area contributed by atoms with Gasteiger partial charge in [-0.05, 0) is 37.8 Å². The number of rotatable bonds is 1. The minimum absolute atomic E-state index is 0.000396. The van der Waals surface area contributed by atoms with E-state index < -0.39 is 29.9 Å². The van der Waals surface area contributed by atoms with E-state index in [2.05, 4.69) is 0 Å². The monoisotopic (exact) mass is 302 g/mol. The van der Waals surface area contributed by atoms with Crippen LogP contribution in [-0.4, -0.2) is 11.3 Å². The Balaban J connectivity index is 1.98. The van der Waals surface area contributed by atoms with Gasteiger partial charge >= 0.3 is 6.18 Å². The van der Waals surface area contributed by atoms with Gasteiger partial charge in [0.2, 0.25) is 0 Å². The van der Waals surface area contributed by atoms with Crippen molar-refractivity contribution in [2.24, 2.45) is 5.92 Å². The Bertz CT molecular complexity index is 661. The number of hydrogen-bond acceptors (Lipinski definition) is 2. The summed E-state index contributed by atoms with van der Waals surface area (Å²) in [5.74, 6) is -2.14. The molecule has 3 rings (SSSR count). The Morgan fingerprint density at radius 2 is 2.05 bits per heavy atom. The third kappa shape index (κ3) is 2.52. The third-order valence-corrected chi connectivity index (χ3v) is 4.14. The SMILES string of the molecule is OC1(c2cc3cccc(F)c3o2)CCCC(C(F)(F)F)C1. The Hall–Kier alpha value is -1.56. The lowest BCUT2D eigenvalue weighted by Gasteiger charge is -2.36. The van der Waals surface area contributed by atoms with E-state index in [9.17, 15) is 22.7 Å². The summed E-state index contributed by atoms with van der Waals surface area (Å²) in [5, 5.41) is 11.0. The largest absolute Gasteiger partial charge is 0.455 e. The summed E-state index contributed by atoms with van der Waals surface area (Å²) in [4.78, 5) is 0. The van der Waals surface area contributed by atoms with Crippen LogP contribution in [0.25, 0.3) is 11.0 Å². The molecule has 21 heavy (non-hydrogen) atoms. The minimum Gasteiger partial charge on any atom is -0.455 e. The highest BCUT2D eigenvalue weighted by Crippen LogP contribution is 2.47. The molecule has 114 valence electrons. The van der Waals surface area contributed by atoms with Crippen LogP contribution in [0, 0.1) is 11.7 Å². The first kappa shape index (κ1) is 14.4. The van der Waals surface area contributed by atoms with Crippen LogP contribution in [0.2, 0.25) is 0 Å². The van der Waals surface area contributed by atoms with E-state index in [1.165, 1.54) is 18.2 Å². The highest BCUT2D eigenvalue weighted by molar-refractivity contribution is 5.78. The van der Waals surface area contributed by atoms with Crippen LogP contribution in [0.3, 0.4) is 0 Å². The van der Waals surface area contributed by atoms with Crippen molar-refractivity contribution in [1.82, 2.24) is 0 Å². The Kier molecular flexibility index (Phi) is 3.24. The van der Waals surface area contributed by atoms with Gasteiger partial charge in [-0.15, -0.1) is 0 Å². The first-order valence-electron chi connectivity index (χ1n) is 6.77. The van der Waals surface area contributed by atoms with Crippen LogP contribution in [0.15, 0.2) is 28.7 Å². The van der Waals surface area contributed by atoms with Crippen LogP contribution in [0.1, 0.15) is 31.4 Å². The highest BCUT2D eigenvalue weighted by Gasteiger charge is 2.48. The first-order chi connectivity index (χ1) is 9.79. The fraction of sp³-hybridized carbons (Fsp3) is 0.467. The molecule has 0 spiro atoms. The van der Waals surface area contributed by atoms with Gasteiger partial charge in [-0.25, -0.2) is 4.39 Å². The normalized spacial score (nSPS) is 27.2. The number of halogens is 4. The summed E-state index contributed by atoms with van der Waals surface area (Å²) in [6.45, 7) is 0. The molecule has 1 aromatic heterocycles. The lowest BCUT2D eigenvalue weighted by molar-refractivity contribution is -0.203. The molecule has 0 bridgehead atoms. The summed E-state index contributed by atoms with van der Waals surface area (Å²) in [7, 11) is 0. The molecule has 2 nitrogen and oxygen atoms in total. The fourth-order valence-electron chi connectivity index (χ4n) is 3.01. The number of hydrogen-bond donors (Lipinski definition) is 1. The van der Waals surface area contributed by atoms with E-state index in [0.717, 1.165) is 0 Å². The van der Waals surface area contributed by atoms with Gasteiger partial charge in [0, 0.05) is 5.39 Å². The first-order valence-corrected chi connectivity index (χ1v) is 6.77. The minimum atomic E-state index is -4.34. The molecule has 0 radical (unpaired) electrons. The summed E-state index contributed by atoms with van der Waals surface area (Å²) < 4.78 is 57.5. The topological polar surface area (TPSA) is 33.4 Å². The Morgan fingerprint density at radius 3 is 2.71 bits per heavy atom. The van der Waals surface area contributed by atoms with Crippen molar-refractivity contribution in [3.63, 3.8) is 0 Å². The van der Waals surface area contributed by atoms with E-state index >= 15 is 0 Å². The maximum atomic E-state index is 13.6. The van der Waals surface area contributed by atoms with Crippen molar-refractivity contribution in [3.05, 3.63) is 35.8 Å². The molecule has 2 aromatic rings. The molecule has 0 amide bonds. The fourth-order valence-corrected chi connectivity index (χ4v) is 3.01. The molecule has 0 aliphatic heterocycles. The molecule has 2 atom stereocenters. The molecule has 1 aliphatic rings. The van der Waals surface area contributed by atoms with Crippen molar-refractivity contribution in [2.45, 2.75) is 37.5 Å². The second-order valence-electron chi connectivity index (χ2n) is 5.64. The van der Waals surface area contributed by atoms with Crippen LogP contribution in [0.4, 0.5) is 17.6 Å². The zero-order chi connectivity index (χ0) is 15.3. The quantitative estimate of drug-likeness (QED) is 0.786. The smallest absolute Gasteiger partial charge is 0.391 e. The Labute approximate surface area is 118 Å². The summed E-state index contributed by atoms with van der Waals surface area (Å²) in [5.41, 5.74) is -1.72. The van der Waals surface area contributed by atoms with Gasteiger partial charge in [-0.1, -0.05) is 12.1 Å². The van der Waals surface area contributed by atoms with Crippen LogP contribution in [-0.2, 0) is 5.60 Å². The molecule has 1 heterocycles. The molecule has 1 N–H and O–H groups in total. The van der Waals surface area contributed by atoms with Gasteiger partial charge in [-0.2, -0.15) is 13.2 Å². The number of alkyl halides is 3. The van der Waals surface area contributed by atoms with Crippen molar-refractivity contribution in [1.29, 1.82) is 0 Å². The van der Waals surface area contributed by atoms with Crippen LogP contribution < -0.4 is 0 Å². The molecule has 6 heteroatoms. The molecule has 1 saturated carbocycles. The van der Waals surface area contributed by atoms with Crippen LogP contribution in [0.5, 0.6) is 0 Å². The van der Waals surface area contributed by atoms with E-state index in [1.54, 1.807) is 6.07 Å². The van der Waals surface area contributed by atoms with E-state index in [4.69, 9.17) is 4.42 Å². The number of aliphatic hydroxyl groups is 1. The second kappa shape index (κ2) is 4.73. The van der Waals surface area contributed by atoms with Gasteiger partial charge in [0.15, 0.2) is 11.4 Å². The van der Waals surface area contributed by atoms with E-state index in [0.29, 0.717) is 5.39 Å². The predicted molar refractivity (Wildman–Crippen MR) is 68.1 cm³/mol. The maximum Gasteiger partial charge on any atom is 0.391 e. The lowest BCUT2D eigenvalue weighted by atomic mass is 9.76. The van der Waals surface area contributed by atoms with E-state index in [1.807, 2.05) is 0 Å². The highest BCUT2D eigenvalue weighted by atomic mass is 19.4. The summed E-state index contributed by atoms with van der Waals surface area (Å²) in [6.07, 6.45) is -4.36. The van der Waals surface area contributed by atoms with E-state index in [-0.39, 0.29) is 30.6 Å². The number of fused-ring (bicyclic) bond motifs is 1. The van der Waals surface area contributed by atoms with Gasteiger partial charge in [0.1, 0.15) is 11.4 Å². The van der Waals surface area contributed by atoms with Crippen molar-refractivity contribution in [2.75, 3.05) is 0 Å².